The van der Waals surface area contributed by atoms with Gasteiger partial charge in [0.25, 0.3) is 5.91 Å². The fourth-order valence-electron chi connectivity index (χ4n) is 5.12. The number of fused-ring (bicyclic) bond motifs is 1. The van der Waals surface area contributed by atoms with Crippen LogP contribution >= 0.6 is 0 Å². The maximum absolute atomic E-state index is 13.4. The van der Waals surface area contributed by atoms with Gasteiger partial charge < -0.3 is 19.5 Å². The summed E-state index contributed by atoms with van der Waals surface area (Å²) in [6.07, 6.45) is 14.5. The van der Waals surface area contributed by atoms with E-state index in [1.54, 1.807) is 0 Å². The van der Waals surface area contributed by atoms with Crippen molar-refractivity contribution < 1.29 is 4.79 Å². The molecule has 0 radical (unpaired) electrons. The maximum atomic E-state index is 13.4. The Bertz CT molecular complexity index is 1380. The average Bonchev–Trinajstić information content (AvgIpc) is 3.38. The number of para-hydroxylation sites is 1. The van der Waals surface area contributed by atoms with Gasteiger partial charge in [-0.3, -0.25) is 4.79 Å². The molecule has 0 aliphatic carbocycles. The summed E-state index contributed by atoms with van der Waals surface area (Å²) in [5.74, 6) is 0.0899. The molecule has 2 aromatic carbocycles. The number of hydrogen-bond donors (Lipinski definition) is 1. The van der Waals surface area contributed by atoms with Crippen LogP contribution in [0.5, 0.6) is 0 Å². The first-order valence-corrected chi connectivity index (χ1v) is 12.5. The van der Waals surface area contributed by atoms with Gasteiger partial charge in [0.2, 0.25) is 0 Å². The first-order valence-electron chi connectivity index (χ1n) is 12.5. The number of likely N-dealkylation sites (tertiary alicyclic amines) is 1. The Morgan fingerprint density at radius 3 is 2.58 bits per heavy atom. The van der Waals surface area contributed by atoms with Gasteiger partial charge in [-0.1, -0.05) is 42.5 Å². The number of nitrogens with one attached hydrogen (secondary N) is 1. The predicted molar refractivity (Wildman–Crippen MR) is 144 cm³/mol. The Labute approximate surface area is 211 Å². The molecule has 1 atom stereocenters. The van der Waals surface area contributed by atoms with Crippen molar-refractivity contribution in [1.29, 1.82) is 0 Å². The third-order valence-electron chi connectivity index (χ3n) is 7.01. The summed E-state index contributed by atoms with van der Waals surface area (Å²) in [5.41, 5.74) is 4.54. The van der Waals surface area contributed by atoms with Gasteiger partial charge in [-0.15, -0.1) is 0 Å². The molecule has 4 aromatic rings. The summed E-state index contributed by atoms with van der Waals surface area (Å²) in [5, 5.41) is 3.62. The number of carbonyl (C=O) groups is 1. The fourth-order valence-corrected chi connectivity index (χ4v) is 5.12. The zero-order valence-electron chi connectivity index (χ0n) is 20.1. The van der Waals surface area contributed by atoms with Crippen molar-refractivity contribution in [2.45, 2.75) is 25.0 Å². The molecule has 0 bridgehead atoms. The van der Waals surface area contributed by atoms with Crippen molar-refractivity contribution in [3.8, 4) is 11.3 Å². The first kappa shape index (κ1) is 22.2. The van der Waals surface area contributed by atoms with Gasteiger partial charge in [-0.25, -0.2) is 4.98 Å². The summed E-state index contributed by atoms with van der Waals surface area (Å²) in [6, 6.07) is 24.5. The highest BCUT2D eigenvalue weighted by atomic mass is 16.2. The van der Waals surface area contributed by atoms with Crippen LogP contribution in [0.3, 0.4) is 0 Å². The number of imidazole rings is 1. The lowest BCUT2D eigenvalue weighted by molar-refractivity contribution is 0.0650. The molecule has 1 unspecified atom stereocenters. The standard InChI is InChI=1S/C30H29N5O/c36-30(24-10-8-9-23(21-24)27-22-34-17-6-4-13-28(34)32-27)33-19-15-26(16-20-33)35-18-7-5-14-29(35)31-25-11-2-1-3-12-25/h1-14,17-18,21-22,26,29,31H,15-16,19-20H2. The Kier molecular flexibility index (Phi) is 6.00. The Morgan fingerprint density at radius 1 is 0.917 bits per heavy atom. The third-order valence-corrected chi connectivity index (χ3v) is 7.01. The van der Waals surface area contributed by atoms with Crippen LogP contribution in [-0.2, 0) is 0 Å². The van der Waals surface area contributed by atoms with Gasteiger partial charge in [-0.2, -0.15) is 0 Å². The molecule has 180 valence electrons. The Balaban J connectivity index is 1.12. The van der Waals surface area contributed by atoms with Gasteiger partial charge in [-0.05, 0) is 61.4 Å². The van der Waals surface area contributed by atoms with E-state index in [-0.39, 0.29) is 12.1 Å². The minimum atomic E-state index is 0.0899. The summed E-state index contributed by atoms with van der Waals surface area (Å²) in [4.78, 5) is 22.5. The van der Waals surface area contributed by atoms with Gasteiger partial charge >= 0.3 is 0 Å². The van der Waals surface area contributed by atoms with Crippen LogP contribution < -0.4 is 5.32 Å². The highest BCUT2D eigenvalue weighted by Crippen LogP contribution is 2.26. The fraction of sp³-hybridized carbons (Fsp3) is 0.200. The summed E-state index contributed by atoms with van der Waals surface area (Å²) < 4.78 is 2.00. The summed E-state index contributed by atoms with van der Waals surface area (Å²) >= 11 is 0. The number of rotatable bonds is 5. The number of piperidine rings is 1. The normalized spacial score (nSPS) is 18.1. The van der Waals surface area contributed by atoms with E-state index in [4.69, 9.17) is 4.98 Å². The van der Waals surface area contributed by atoms with Crippen molar-refractivity contribution >= 4 is 17.2 Å². The summed E-state index contributed by atoms with van der Waals surface area (Å²) in [6.45, 7) is 1.49. The second kappa shape index (κ2) is 9.74. The van der Waals surface area contributed by atoms with Crippen LogP contribution in [-0.4, -0.2) is 50.4 Å². The predicted octanol–water partition coefficient (Wildman–Crippen LogP) is 5.43. The number of nitrogens with zero attached hydrogens (tertiary/aromatic N) is 4. The Morgan fingerprint density at radius 2 is 1.75 bits per heavy atom. The number of amides is 1. The molecule has 1 amide bonds. The van der Waals surface area contributed by atoms with Crippen LogP contribution in [0.15, 0.2) is 110 Å². The zero-order chi connectivity index (χ0) is 24.3. The minimum absolute atomic E-state index is 0.0899. The number of pyridine rings is 1. The first-order chi connectivity index (χ1) is 17.7. The van der Waals surface area contributed by atoms with Crippen LogP contribution in [0.4, 0.5) is 5.69 Å². The lowest BCUT2D eigenvalue weighted by Gasteiger charge is -2.42. The van der Waals surface area contributed by atoms with Crippen molar-refractivity contribution in [2.75, 3.05) is 18.4 Å². The molecule has 6 nitrogen and oxygen atoms in total. The second-order valence-corrected chi connectivity index (χ2v) is 9.33. The maximum Gasteiger partial charge on any atom is 0.253 e. The molecule has 36 heavy (non-hydrogen) atoms. The molecule has 1 N–H and O–H groups in total. The molecule has 1 saturated heterocycles. The molecular weight excluding hydrogens is 446 g/mol. The van der Waals surface area contributed by atoms with E-state index in [9.17, 15) is 4.79 Å². The van der Waals surface area contributed by atoms with Gasteiger partial charge in [0.05, 0.1) is 5.69 Å². The lowest BCUT2D eigenvalue weighted by atomic mass is 10.0. The molecule has 1 fully saturated rings. The van der Waals surface area contributed by atoms with E-state index < -0.39 is 0 Å². The monoisotopic (exact) mass is 475 g/mol. The van der Waals surface area contributed by atoms with E-state index in [0.29, 0.717) is 11.6 Å². The number of hydrogen-bond acceptors (Lipinski definition) is 4. The number of allylic oxidation sites excluding steroid dienone is 2. The number of carbonyl (C=O) groups excluding carboxylic acids is 1. The largest absolute Gasteiger partial charge is 0.362 e. The average molecular weight is 476 g/mol. The zero-order valence-corrected chi connectivity index (χ0v) is 20.1. The molecule has 0 saturated carbocycles. The van der Waals surface area contributed by atoms with E-state index in [0.717, 1.165) is 48.5 Å². The summed E-state index contributed by atoms with van der Waals surface area (Å²) in [7, 11) is 0. The number of anilines is 1. The molecule has 0 spiro atoms. The molecule has 2 aliphatic heterocycles. The van der Waals surface area contributed by atoms with E-state index in [1.165, 1.54) is 0 Å². The molecule has 6 heteroatoms. The number of aromatic nitrogens is 2. The van der Waals surface area contributed by atoms with Crippen molar-refractivity contribution in [3.05, 3.63) is 115 Å². The quantitative estimate of drug-likeness (QED) is 0.418. The van der Waals surface area contributed by atoms with Crippen LogP contribution in [0.25, 0.3) is 16.9 Å². The van der Waals surface area contributed by atoms with Crippen molar-refractivity contribution in [1.82, 2.24) is 19.2 Å². The second-order valence-electron chi connectivity index (χ2n) is 9.33. The molecular formula is C30H29N5O. The van der Waals surface area contributed by atoms with E-state index in [2.05, 4.69) is 46.8 Å². The van der Waals surface area contributed by atoms with Gasteiger partial charge in [0.1, 0.15) is 11.8 Å². The minimum Gasteiger partial charge on any atom is -0.362 e. The van der Waals surface area contributed by atoms with Crippen LogP contribution in [0.1, 0.15) is 23.2 Å². The molecule has 2 aliphatic rings. The van der Waals surface area contributed by atoms with Crippen molar-refractivity contribution in [2.24, 2.45) is 0 Å². The Hall–Kier alpha value is -4.32. The smallest absolute Gasteiger partial charge is 0.253 e. The highest BCUT2D eigenvalue weighted by Gasteiger charge is 2.29. The van der Waals surface area contributed by atoms with Crippen molar-refractivity contribution in [3.63, 3.8) is 0 Å². The molecule has 6 rings (SSSR count). The van der Waals surface area contributed by atoms with Crippen LogP contribution in [0.2, 0.25) is 0 Å². The molecule has 4 heterocycles. The SMILES string of the molecule is O=C(c1cccc(-c2cn3ccccc3n2)c1)N1CCC(N2C=CC=CC2Nc2ccccc2)CC1. The van der Waals surface area contributed by atoms with Gasteiger partial charge in [0.15, 0.2) is 0 Å². The van der Waals surface area contributed by atoms with E-state index in [1.807, 2.05) is 82.4 Å². The third kappa shape index (κ3) is 4.50. The van der Waals surface area contributed by atoms with E-state index >= 15 is 0 Å². The molecule has 2 aromatic heterocycles. The lowest BCUT2D eigenvalue weighted by Crippen LogP contribution is -2.50. The van der Waals surface area contributed by atoms with Crippen LogP contribution in [0, 0.1) is 0 Å². The highest BCUT2D eigenvalue weighted by molar-refractivity contribution is 5.95. The van der Waals surface area contributed by atoms with Gasteiger partial charge in [0, 0.05) is 54.5 Å². The number of benzene rings is 2. The topological polar surface area (TPSA) is 52.9 Å².